The molecule has 1 aliphatic carbocycles. The summed E-state index contributed by atoms with van der Waals surface area (Å²) in [4.78, 5) is 0. The zero-order chi connectivity index (χ0) is 12.0. The van der Waals surface area contributed by atoms with Gasteiger partial charge in [0.25, 0.3) is 0 Å². The fourth-order valence-electron chi connectivity index (χ4n) is 2.70. The second-order valence-electron chi connectivity index (χ2n) is 5.53. The number of hydrogen-bond acceptors (Lipinski definition) is 2. The van der Waals surface area contributed by atoms with Gasteiger partial charge < -0.3 is 10.4 Å². The van der Waals surface area contributed by atoms with Crippen molar-refractivity contribution in [2.75, 3.05) is 6.54 Å². The SMILES string of the molecule is CCC(O)CCCNC1CCCC(C)C1C. The standard InChI is InChI=1S/C14H29NO/c1-4-13(16)8-6-10-15-14-9-5-7-11(2)12(14)3/h11-16H,4-10H2,1-3H3. The zero-order valence-corrected chi connectivity index (χ0v) is 11.2. The van der Waals surface area contributed by atoms with Gasteiger partial charge in [0.15, 0.2) is 0 Å². The first kappa shape index (κ1) is 14.0. The van der Waals surface area contributed by atoms with E-state index in [0.717, 1.165) is 37.6 Å². The van der Waals surface area contributed by atoms with Crippen LogP contribution in [-0.2, 0) is 0 Å². The fraction of sp³-hybridized carbons (Fsp3) is 1.00. The fourth-order valence-corrected chi connectivity index (χ4v) is 2.70. The van der Waals surface area contributed by atoms with Gasteiger partial charge in [-0.2, -0.15) is 0 Å². The Bertz CT molecular complexity index is 184. The first-order valence-corrected chi connectivity index (χ1v) is 7.06. The molecule has 96 valence electrons. The van der Waals surface area contributed by atoms with E-state index in [0.29, 0.717) is 6.04 Å². The van der Waals surface area contributed by atoms with Gasteiger partial charge in [-0.3, -0.25) is 0 Å². The third kappa shape index (κ3) is 4.42. The third-order valence-electron chi connectivity index (χ3n) is 4.30. The molecule has 2 nitrogen and oxygen atoms in total. The molecule has 1 aliphatic rings. The zero-order valence-electron chi connectivity index (χ0n) is 11.2. The van der Waals surface area contributed by atoms with Gasteiger partial charge >= 0.3 is 0 Å². The van der Waals surface area contributed by atoms with Crippen molar-refractivity contribution >= 4 is 0 Å². The van der Waals surface area contributed by atoms with E-state index in [1.807, 2.05) is 6.92 Å². The van der Waals surface area contributed by atoms with Crippen LogP contribution >= 0.6 is 0 Å². The molecule has 0 spiro atoms. The summed E-state index contributed by atoms with van der Waals surface area (Å²) in [5, 5.41) is 13.1. The van der Waals surface area contributed by atoms with Crippen LogP contribution in [0.15, 0.2) is 0 Å². The molecule has 0 saturated heterocycles. The van der Waals surface area contributed by atoms with Crippen molar-refractivity contribution in [2.24, 2.45) is 11.8 Å². The maximum absolute atomic E-state index is 9.46. The third-order valence-corrected chi connectivity index (χ3v) is 4.30. The first-order valence-electron chi connectivity index (χ1n) is 7.06. The van der Waals surface area contributed by atoms with Crippen molar-refractivity contribution < 1.29 is 5.11 Å². The monoisotopic (exact) mass is 227 g/mol. The van der Waals surface area contributed by atoms with Gasteiger partial charge in [-0.05, 0) is 44.1 Å². The highest BCUT2D eigenvalue weighted by molar-refractivity contribution is 4.82. The van der Waals surface area contributed by atoms with Gasteiger partial charge in [0.05, 0.1) is 6.10 Å². The lowest BCUT2D eigenvalue weighted by atomic mass is 9.78. The Morgan fingerprint density at radius 2 is 2.06 bits per heavy atom. The molecule has 2 N–H and O–H groups in total. The Morgan fingerprint density at radius 1 is 1.31 bits per heavy atom. The smallest absolute Gasteiger partial charge is 0.0538 e. The molecular weight excluding hydrogens is 198 g/mol. The van der Waals surface area contributed by atoms with E-state index in [2.05, 4.69) is 19.2 Å². The minimum atomic E-state index is -0.0931. The molecule has 1 fully saturated rings. The molecule has 0 aromatic heterocycles. The van der Waals surface area contributed by atoms with Gasteiger partial charge in [0.2, 0.25) is 0 Å². The summed E-state index contributed by atoms with van der Waals surface area (Å²) >= 11 is 0. The molecule has 0 radical (unpaired) electrons. The average molecular weight is 227 g/mol. The van der Waals surface area contributed by atoms with Crippen molar-refractivity contribution in [1.29, 1.82) is 0 Å². The molecule has 1 rings (SSSR count). The summed E-state index contributed by atoms with van der Waals surface area (Å²) in [5.41, 5.74) is 0. The highest BCUT2D eigenvalue weighted by Gasteiger charge is 2.26. The molecule has 0 aliphatic heterocycles. The minimum Gasteiger partial charge on any atom is -0.393 e. The Hall–Kier alpha value is -0.0800. The molecule has 4 atom stereocenters. The first-order chi connectivity index (χ1) is 7.65. The average Bonchev–Trinajstić information content (AvgIpc) is 2.29. The summed E-state index contributed by atoms with van der Waals surface area (Å²) < 4.78 is 0. The molecule has 0 heterocycles. The molecule has 16 heavy (non-hydrogen) atoms. The van der Waals surface area contributed by atoms with Crippen LogP contribution in [0.25, 0.3) is 0 Å². The lowest BCUT2D eigenvalue weighted by Gasteiger charge is -2.34. The Kier molecular flexibility index (Phi) is 6.37. The van der Waals surface area contributed by atoms with Gasteiger partial charge in [0, 0.05) is 6.04 Å². The van der Waals surface area contributed by atoms with Gasteiger partial charge in [-0.15, -0.1) is 0 Å². The predicted octanol–water partition coefficient (Wildman–Crippen LogP) is 2.95. The van der Waals surface area contributed by atoms with Crippen LogP contribution in [0.3, 0.4) is 0 Å². The van der Waals surface area contributed by atoms with Crippen LogP contribution in [0.2, 0.25) is 0 Å². The van der Waals surface area contributed by atoms with Crippen molar-refractivity contribution in [3.8, 4) is 0 Å². The minimum absolute atomic E-state index is 0.0931. The highest BCUT2D eigenvalue weighted by atomic mass is 16.3. The van der Waals surface area contributed by atoms with E-state index >= 15 is 0 Å². The molecule has 0 amide bonds. The number of hydrogen-bond donors (Lipinski definition) is 2. The Balaban J connectivity index is 2.12. The molecule has 1 saturated carbocycles. The lowest BCUT2D eigenvalue weighted by Crippen LogP contribution is -2.41. The molecule has 2 heteroatoms. The summed E-state index contributed by atoms with van der Waals surface area (Å²) in [7, 11) is 0. The van der Waals surface area contributed by atoms with E-state index in [9.17, 15) is 5.11 Å². The number of nitrogens with one attached hydrogen (secondary N) is 1. The highest BCUT2D eigenvalue weighted by Crippen LogP contribution is 2.29. The summed E-state index contributed by atoms with van der Waals surface area (Å²) in [5.74, 6) is 1.68. The molecule has 0 aromatic rings. The number of aliphatic hydroxyl groups is 1. The van der Waals surface area contributed by atoms with Crippen LogP contribution in [0.4, 0.5) is 0 Å². The normalized spacial score (nSPS) is 32.6. The largest absolute Gasteiger partial charge is 0.393 e. The summed E-state index contributed by atoms with van der Waals surface area (Å²) in [6.45, 7) is 7.86. The van der Waals surface area contributed by atoms with E-state index in [4.69, 9.17) is 0 Å². The quantitative estimate of drug-likeness (QED) is 0.684. The van der Waals surface area contributed by atoms with Gasteiger partial charge in [0.1, 0.15) is 0 Å². The summed E-state index contributed by atoms with van der Waals surface area (Å²) in [6, 6.07) is 0.711. The van der Waals surface area contributed by atoms with Crippen molar-refractivity contribution in [2.45, 2.75) is 71.4 Å². The molecule has 0 bridgehead atoms. The van der Waals surface area contributed by atoms with Crippen LogP contribution in [0.1, 0.15) is 59.3 Å². The van der Waals surface area contributed by atoms with Crippen molar-refractivity contribution in [1.82, 2.24) is 5.32 Å². The van der Waals surface area contributed by atoms with Crippen LogP contribution in [-0.4, -0.2) is 23.8 Å². The van der Waals surface area contributed by atoms with Gasteiger partial charge in [-0.1, -0.05) is 33.6 Å². The maximum atomic E-state index is 9.46. The Morgan fingerprint density at radius 3 is 2.75 bits per heavy atom. The summed E-state index contributed by atoms with van der Waals surface area (Å²) in [6.07, 6.45) is 6.95. The predicted molar refractivity (Wildman–Crippen MR) is 69.5 cm³/mol. The van der Waals surface area contributed by atoms with Crippen LogP contribution in [0.5, 0.6) is 0 Å². The second kappa shape index (κ2) is 7.29. The van der Waals surface area contributed by atoms with Crippen molar-refractivity contribution in [3.05, 3.63) is 0 Å². The van der Waals surface area contributed by atoms with Gasteiger partial charge in [-0.25, -0.2) is 0 Å². The maximum Gasteiger partial charge on any atom is 0.0538 e. The van der Waals surface area contributed by atoms with E-state index < -0.39 is 0 Å². The van der Waals surface area contributed by atoms with E-state index in [-0.39, 0.29) is 6.10 Å². The Labute approximate surface area is 101 Å². The number of aliphatic hydroxyl groups excluding tert-OH is 1. The van der Waals surface area contributed by atoms with Crippen molar-refractivity contribution in [3.63, 3.8) is 0 Å². The van der Waals surface area contributed by atoms with E-state index in [1.54, 1.807) is 0 Å². The molecule has 0 aromatic carbocycles. The molecule has 4 unspecified atom stereocenters. The topological polar surface area (TPSA) is 32.3 Å². The van der Waals surface area contributed by atoms with E-state index in [1.165, 1.54) is 19.3 Å². The van der Waals surface area contributed by atoms with Crippen LogP contribution in [0, 0.1) is 11.8 Å². The molecular formula is C14H29NO. The second-order valence-corrected chi connectivity index (χ2v) is 5.53. The number of rotatable bonds is 6. The lowest BCUT2D eigenvalue weighted by molar-refractivity contribution is 0.154. The van der Waals surface area contributed by atoms with Crippen LogP contribution < -0.4 is 5.32 Å².